The molecule has 0 aromatic heterocycles. The van der Waals surface area contributed by atoms with Crippen LogP contribution in [-0.4, -0.2) is 5.60 Å². The molecule has 0 saturated heterocycles. The molecule has 1 heteroatoms. The summed E-state index contributed by atoms with van der Waals surface area (Å²) in [5.74, 6) is 3.00. The van der Waals surface area contributed by atoms with Crippen molar-refractivity contribution in [1.29, 1.82) is 0 Å². The maximum atomic E-state index is 5.33. The summed E-state index contributed by atoms with van der Waals surface area (Å²) in [7, 11) is 0. The molecule has 0 spiro atoms. The topological polar surface area (TPSA) is 9.23 Å². The largest absolute Gasteiger partial charge is 0.441 e. The lowest BCUT2D eigenvalue weighted by molar-refractivity contribution is 0.0963. The van der Waals surface area contributed by atoms with Gasteiger partial charge in [0.15, 0.2) is 0 Å². The van der Waals surface area contributed by atoms with Crippen LogP contribution in [0.4, 0.5) is 0 Å². The number of aryl methyl sites for hydroxylation is 1. The molecule has 1 rings (SSSR count). The van der Waals surface area contributed by atoms with Crippen LogP contribution in [0.25, 0.3) is 0 Å². The molecule has 0 aliphatic heterocycles. The van der Waals surface area contributed by atoms with E-state index in [4.69, 9.17) is 4.74 Å². The Kier molecular flexibility index (Phi) is 3.19. The number of hydrogen-bond donors (Lipinski definition) is 0. The first-order valence-corrected chi connectivity index (χ1v) is 4.74. The number of ether oxygens (including phenoxy) is 1. The van der Waals surface area contributed by atoms with Gasteiger partial charge in [-0.15, -0.1) is 0 Å². The zero-order valence-corrected chi connectivity index (χ0v) is 9.22. The summed E-state index contributed by atoms with van der Waals surface area (Å²) < 4.78 is 5.33. The Labute approximate surface area is 86.1 Å². The van der Waals surface area contributed by atoms with E-state index in [1.54, 1.807) is 0 Å². The van der Waals surface area contributed by atoms with E-state index in [-0.39, 0.29) is 5.60 Å². The van der Waals surface area contributed by atoms with Crippen molar-refractivity contribution in [2.45, 2.75) is 33.3 Å². The highest BCUT2D eigenvalue weighted by atomic mass is 16.5. The summed E-state index contributed by atoms with van der Waals surface area (Å²) in [4.78, 5) is 0. The Morgan fingerprint density at radius 2 is 1.79 bits per heavy atom. The fraction of sp³-hybridized carbons (Fsp3) is 0.385. The van der Waals surface area contributed by atoms with Crippen LogP contribution in [0.2, 0.25) is 0 Å². The predicted octanol–water partition coefficient (Wildman–Crippen LogP) is 3.12. The maximum Gasteiger partial charge on any atom is 0.116 e. The second kappa shape index (κ2) is 4.19. The Morgan fingerprint density at radius 3 is 2.36 bits per heavy atom. The highest BCUT2D eigenvalue weighted by Gasteiger charge is 2.07. The summed E-state index contributed by atoms with van der Waals surface area (Å²) in [6.07, 6.45) is 2.73. The molecule has 1 nitrogen and oxygen atoms in total. The third-order valence-electron chi connectivity index (χ3n) is 1.69. The normalized spacial score (nSPS) is 10.3. The van der Waals surface area contributed by atoms with Gasteiger partial charge in [-0.3, -0.25) is 0 Å². The minimum atomic E-state index is -0.199. The molecule has 0 fully saturated rings. The first-order valence-electron chi connectivity index (χ1n) is 4.74. The van der Waals surface area contributed by atoms with Crippen LogP contribution >= 0.6 is 0 Å². The highest BCUT2D eigenvalue weighted by molar-refractivity contribution is 5.39. The van der Waals surface area contributed by atoms with Crippen LogP contribution in [0.1, 0.15) is 31.9 Å². The SMILES string of the molecule is Cc1ccccc1C#COC(C)(C)C. The van der Waals surface area contributed by atoms with Crippen molar-refractivity contribution in [3.63, 3.8) is 0 Å². The van der Waals surface area contributed by atoms with Crippen molar-refractivity contribution in [2.24, 2.45) is 0 Å². The average molecular weight is 188 g/mol. The quantitative estimate of drug-likeness (QED) is 0.568. The molecule has 0 aliphatic carbocycles. The lowest BCUT2D eigenvalue weighted by Crippen LogP contribution is -2.15. The van der Waals surface area contributed by atoms with Crippen molar-refractivity contribution in [3.05, 3.63) is 35.4 Å². The van der Waals surface area contributed by atoms with Gasteiger partial charge in [-0.2, -0.15) is 0 Å². The minimum absolute atomic E-state index is 0.199. The summed E-state index contributed by atoms with van der Waals surface area (Å²) in [6, 6.07) is 8.02. The molecule has 0 heterocycles. The third kappa shape index (κ3) is 3.53. The lowest BCUT2D eigenvalue weighted by Gasteiger charge is -2.14. The Bertz CT molecular complexity index is 361. The standard InChI is InChI=1S/C13H16O/c1-11-7-5-6-8-12(11)9-10-14-13(2,3)4/h5-8H,1-4H3. The van der Waals surface area contributed by atoms with Gasteiger partial charge >= 0.3 is 0 Å². The zero-order valence-electron chi connectivity index (χ0n) is 9.22. The van der Waals surface area contributed by atoms with Gasteiger partial charge in [0, 0.05) is 5.56 Å². The third-order valence-corrected chi connectivity index (χ3v) is 1.69. The van der Waals surface area contributed by atoms with E-state index in [2.05, 4.69) is 12.0 Å². The van der Waals surface area contributed by atoms with Crippen LogP contribution < -0.4 is 0 Å². The highest BCUT2D eigenvalue weighted by Crippen LogP contribution is 2.07. The van der Waals surface area contributed by atoms with Crippen LogP contribution in [0, 0.1) is 19.0 Å². The molecule has 0 radical (unpaired) electrons. The molecular formula is C13H16O. The number of hydrogen-bond acceptors (Lipinski definition) is 1. The van der Waals surface area contributed by atoms with Gasteiger partial charge in [0.2, 0.25) is 0 Å². The van der Waals surface area contributed by atoms with Crippen molar-refractivity contribution in [2.75, 3.05) is 0 Å². The molecular weight excluding hydrogens is 172 g/mol. The molecule has 0 saturated carbocycles. The van der Waals surface area contributed by atoms with Gasteiger partial charge in [-0.05, 0) is 45.2 Å². The van der Waals surface area contributed by atoms with Crippen molar-refractivity contribution >= 4 is 0 Å². The Balaban J connectivity index is 2.74. The summed E-state index contributed by atoms with van der Waals surface area (Å²) in [6.45, 7) is 8.00. The molecule has 1 aromatic carbocycles. The smallest absolute Gasteiger partial charge is 0.116 e. The van der Waals surface area contributed by atoms with E-state index in [0.29, 0.717) is 0 Å². The van der Waals surface area contributed by atoms with Gasteiger partial charge in [0.25, 0.3) is 0 Å². The van der Waals surface area contributed by atoms with E-state index in [1.165, 1.54) is 5.56 Å². The van der Waals surface area contributed by atoms with Gasteiger partial charge < -0.3 is 4.74 Å². The second-order valence-corrected chi connectivity index (χ2v) is 4.26. The van der Waals surface area contributed by atoms with Crippen LogP contribution in [-0.2, 0) is 4.74 Å². The van der Waals surface area contributed by atoms with Gasteiger partial charge in [-0.1, -0.05) is 18.2 Å². The fourth-order valence-corrected chi connectivity index (χ4v) is 0.947. The van der Waals surface area contributed by atoms with Gasteiger partial charge in [0.05, 0.1) is 0 Å². The summed E-state index contributed by atoms with van der Waals surface area (Å²) >= 11 is 0. The van der Waals surface area contributed by atoms with Crippen molar-refractivity contribution in [3.8, 4) is 12.0 Å². The molecule has 0 N–H and O–H groups in total. The molecule has 0 bridgehead atoms. The maximum absolute atomic E-state index is 5.33. The van der Waals surface area contributed by atoms with Crippen molar-refractivity contribution in [1.82, 2.24) is 0 Å². The minimum Gasteiger partial charge on any atom is -0.441 e. The first-order chi connectivity index (χ1) is 6.49. The van der Waals surface area contributed by atoms with Gasteiger partial charge in [0.1, 0.15) is 11.7 Å². The summed E-state index contributed by atoms with van der Waals surface area (Å²) in [5.41, 5.74) is 2.00. The monoisotopic (exact) mass is 188 g/mol. The lowest BCUT2D eigenvalue weighted by atomic mass is 10.1. The predicted molar refractivity (Wildman–Crippen MR) is 58.9 cm³/mol. The second-order valence-electron chi connectivity index (χ2n) is 4.26. The van der Waals surface area contributed by atoms with Crippen LogP contribution in [0.3, 0.4) is 0 Å². The molecule has 0 unspecified atom stereocenters. The zero-order chi connectivity index (χ0) is 10.6. The Morgan fingerprint density at radius 1 is 1.14 bits per heavy atom. The first kappa shape index (κ1) is 10.7. The molecule has 1 aromatic rings. The molecule has 0 amide bonds. The van der Waals surface area contributed by atoms with E-state index in [9.17, 15) is 0 Å². The molecule has 14 heavy (non-hydrogen) atoms. The van der Waals surface area contributed by atoms with Crippen LogP contribution in [0.5, 0.6) is 0 Å². The molecule has 74 valence electrons. The Hall–Kier alpha value is -1.42. The number of rotatable bonds is 0. The van der Waals surface area contributed by atoms with Crippen molar-refractivity contribution < 1.29 is 4.74 Å². The summed E-state index contributed by atoms with van der Waals surface area (Å²) in [5, 5.41) is 0. The van der Waals surface area contributed by atoms with E-state index < -0.39 is 0 Å². The van der Waals surface area contributed by atoms with Gasteiger partial charge in [-0.25, -0.2) is 0 Å². The average Bonchev–Trinajstić information content (AvgIpc) is 2.06. The fourth-order valence-electron chi connectivity index (χ4n) is 0.947. The van der Waals surface area contributed by atoms with E-state index >= 15 is 0 Å². The molecule has 0 aliphatic rings. The number of benzene rings is 1. The molecule has 0 atom stereocenters. The van der Waals surface area contributed by atoms with E-state index in [1.807, 2.05) is 52.0 Å². The van der Waals surface area contributed by atoms with E-state index in [0.717, 1.165) is 5.56 Å². The van der Waals surface area contributed by atoms with Crippen LogP contribution in [0.15, 0.2) is 24.3 Å².